The van der Waals surface area contributed by atoms with Gasteiger partial charge in [0.05, 0.1) is 12.5 Å². The van der Waals surface area contributed by atoms with Crippen LogP contribution in [0.5, 0.6) is 0 Å². The molecule has 1 aliphatic rings. The zero-order valence-electron chi connectivity index (χ0n) is 17.0. The molecule has 1 aliphatic heterocycles. The second-order valence-electron chi connectivity index (χ2n) is 7.80. The van der Waals surface area contributed by atoms with Crippen LogP contribution in [0.15, 0.2) is 53.1 Å². The molecular weight excluding hydrogens is 383 g/mol. The fourth-order valence-corrected chi connectivity index (χ4v) is 3.71. The van der Waals surface area contributed by atoms with Crippen molar-refractivity contribution in [1.29, 1.82) is 0 Å². The normalized spacial score (nSPS) is 17.1. The third kappa shape index (κ3) is 5.10. The number of carbonyl (C=O) groups excluding carboxylic acids is 1. The minimum absolute atomic E-state index is 0.00566. The fourth-order valence-electron chi connectivity index (χ4n) is 3.71. The average Bonchev–Trinajstić information content (AvgIpc) is 3.23. The summed E-state index contributed by atoms with van der Waals surface area (Å²) in [6.45, 7) is 4.57. The van der Waals surface area contributed by atoms with Crippen molar-refractivity contribution in [2.75, 3.05) is 13.1 Å². The molecule has 1 fully saturated rings. The smallest absolute Gasteiger partial charge is 0.246 e. The van der Waals surface area contributed by atoms with Gasteiger partial charge in [-0.15, -0.1) is 0 Å². The summed E-state index contributed by atoms with van der Waals surface area (Å²) in [7, 11) is 0. The minimum Gasteiger partial charge on any atom is -0.347 e. The fraction of sp³-hybridized carbons (Fsp3) is 0.348. The lowest BCUT2D eigenvalue weighted by Crippen LogP contribution is -2.42. The maximum atomic E-state index is 13.1. The number of rotatable bonds is 6. The van der Waals surface area contributed by atoms with E-state index in [1.807, 2.05) is 31.2 Å². The standard InChI is InChI=1S/C23H25FN4O2/c1-16-4-8-18(9-5-16)22-26-21(30-27-22)13-25-23(29)19-3-2-12-28(15-19)14-17-6-10-20(24)11-7-17/h4-11,19H,2-3,12-15H2,1H3,(H,25,29). The maximum Gasteiger partial charge on any atom is 0.246 e. The third-order valence-electron chi connectivity index (χ3n) is 5.39. The zero-order chi connectivity index (χ0) is 20.9. The molecule has 4 rings (SSSR count). The number of halogens is 1. The molecule has 3 aromatic rings. The van der Waals surface area contributed by atoms with Crippen LogP contribution in [0.1, 0.15) is 29.9 Å². The number of amides is 1. The van der Waals surface area contributed by atoms with E-state index in [-0.39, 0.29) is 24.2 Å². The van der Waals surface area contributed by atoms with Crippen LogP contribution in [0.2, 0.25) is 0 Å². The predicted molar refractivity (Wildman–Crippen MR) is 111 cm³/mol. The van der Waals surface area contributed by atoms with Crippen molar-refractivity contribution in [2.45, 2.75) is 32.9 Å². The molecule has 1 aromatic heterocycles. The summed E-state index contributed by atoms with van der Waals surface area (Å²) in [6, 6.07) is 14.4. The summed E-state index contributed by atoms with van der Waals surface area (Å²) in [5.74, 6) is 0.578. The lowest BCUT2D eigenvalue weighted by atomic mass is 9.96. The average molecular weight is 408 g/mol. The Bertz CT molecular complexity index is 985. The number of piperidine rings is 1. The van der Waals surface area contributed by atoms with Crippen molar-refractivity contribution in [2.24, 2.45) is 5.92 Å². The van der Waals surface area contributed by atoms with Gasteiger partial charge in [-0.3, -0.25) is 9.69 Å². The maximum absolute atomic E-state index is 13.1. The molecule has 0 saturated carbocycles. The van der Waals surface area contributed by atoms with E-state index >= 15 is 0 Å². The van der Waals surface area contributed by atoms with Crippen LogP contribution in [0, 0.1) is 18.7 Å². The highest BCUT2D eigenvalue weighted by molar-refractivity contribution is 5.78. The topological polar surface area (TPSA) is 71.3 Å². The largest absolute Gasteiger partial charge is 0.347 e. The number of benzene rings is 2. The molecule has 2 heterocycles. The number of nitrogens with zero attached hydrogens (tertiary/aromatic N) is 3. The Kier molecular flexibility index (Phi) is 6.18. The van der Waals surface area contributed by atoms with E-state index < -0.39 is 0 Å². The second kappa shape index (κ2) is 9.17. The van der Waals surface area contributed by atoms with Gasteiger partial charge in [-0.25, -0.2) is 4.39 Å². The van der Waals surface area contributed by atoms with Crippen molar-refractivity contribution in [3.8, 4) is 11.4 Å². The molecular formula is C23H25FN4O2. The number of hydrogen-bond donors (Lipinski definition) is 1. The van der Waals surface area contributed by atoms with Crippen LogP contribution in [-0.2, 0) is 17.9 Å². The van der Waals surface area contributed by atoms with Crippen molar-refractivity contribution in [1.82, 2.24) is 20.4 Å². The van der Waals surface area contributed by atoms with Crippen molar-refractivity contribution >= 4 is 5.91 Å². The minimum atomic E-state index is -0.235. The molecule has 1 atom stereocenters. The highest BCUT2D eigenvalue weighted by atomic mass is 19.1. The highest BCUT2D eigenvalue weighted by Gasteiger charge is 2.26. The highest BCUT2D eigenvalue weighted by Crippen LogP contribution is 2.20. The van der Waals surface area contributed by atoms with Crippen molar-refractivity contribution in [3.05, 3.63) is 71.4 Å². The molecule has 0 bridgehead atoms. The molecule has 1 saturated heterocycles. The summed E-state index contributed by atoms with van der Waals surface area (Å²) in [6.07, 6.45) is 1.81. The van der Waals surface area contributed by atoms with E-state index in [4.69, 9.17) is 4.52 Å². The SMILES string of the molecule is Cc1ccc(-c2noc(CNC(=O)C3CCCN(Cc4ccc(F)cc4)C3)n2)cc1. The number of aromatic nitrogens is 2. The van der Waals surface area contributed by atoms with Gasteiger partial charge in [-0.2, -0.15) is 4.98 Å². The summed E-state index contributed by atoms with van der Waals surface area (Å²) < 4.78 is 18.4. The van der Waals surface area contributed by atoms with Crippen LogP contribution in [0.25, 0.3) is 11.4 Å². The van der Waals surface area contributed by atoms with E-state index in [1.165, 1.54) is 12.1 Å². The Morgan fingerprint density at radius 2 is 1.97 bits per heavy atom. The first-order valence-electron chi connectivity index (χ1n) is 10.2. The monoisotopic (exact) mass is 408 g/mol. The first kappa shape index (κ1) is 20.2. The molecule has 0 aliphatic carbocycles. The Morgan fingerprint density at radius 3 is 2.73 bits per heavy atom. The van der Waals surface area contributed by atoms with Gasteiger partial charge in [0.25, 0.3) is 0 Å². The molecule has 7 heteroatoms. The van der Waals surface area contributed by atoms with E-state index in [2.05, 4.69) is 20.4 Å². The van der Waals surface area contributed by atoms with Gasteiger partial charge in [-0.1, -0.05) is 47.1 Å². The van der Waals surface area contributed by atoms with Gasteiger partial charge in [0.1, 0.15) is 5.82 Å². The van der Waals surface area contributed by atoms with E-state index in [0.29, 0.717) is 24.8 Å². The molecule has 156 valence electrons. The Morgan fingerprint density at radius 1 is 1.20 bits per heavy atom. The molecule has 6 nitrogen and oxygen atoms in total. The molecule has 1 amide bonds. The second-order valence-corrected chi connectivity index (χ2v) is 7.80. The zero-order valence-corrected chi connectivity index (χ0v) is 17.0. The molecule has 30 heavy (non-hydrogen) atoms. The molecule has 1 N–H and O–H groups in total. The summed E-state index contributed by atoms with van der Waals surface area (Å²) in [4.78, 5) is 19.3. The lowest BCUT2D eigenvalue weighted by Gasteiger charge is -2.31. The van der Waals surface area contributed by atoms with Gasteiger partial charge in [0.15, 0.2) is 0 Å². The summed E-state index contributed by atoms with van der Waals surface area (Å²) >= 11 is 0. The van der Waals surface area contributed by atoms with Crippen LogP contribution in [0.4, 0.5) is 4.39 Å². The Balaban J connectivity index is 1.29. The van der Waals surface area contributed by atoms with Gasteiger partial charge < -0.3 is 9.84 Å². The van der Waals surface area contributed by atoms with Gasteiger partial charge in [0, 0.05) is 18.7 Å². The van der Waals surface area contributed by atoms with E-state index in [9.17, 15) is 9.18 Å². The first-order chi connectivity index (χ1) is 14.6. The molecule has 0 spiro atoms. The summed E-state index contributed by atoms with van der Waals surface area (Å²) in [5, 5.41) is 6.92. The van der Waals surface area contributed by atoms with Gasteiger partial charge >= 0.3 is 0 Å². The quantitative estimate of drug-likeness (QED) is 0.673. The van der Waals surface area contributed by atoms with E-state index in [0.717, 1.165) is 36.1 Å². The van der Waals surface area contributed by atoms with Gasteiger partial charge in [-0.05, 0) is 44.0 Å². The molecule has 0 radical (unpaired) electrons. The number of hydrogen-bond acceptors (Lipinski definition) is 5. The number of likely N-dealkylation sites (tertiary alicyclic amines) is 1. The van der Waals surface area contributed by atoms with Crippen LogP contribution in [-0.4, -0.2) is 34.0 Å². The Labute approximate surface area is 175 Å². The van der Waals surface area contributed by atoms with E-state index in [1.54, 1.807) is 12.1 Å². The predicted octanol–water partition coefficient (Wildman–Crippen LogP) is 3.71. The van der Waals surface area contributed by atoms with Crippen molar-refractivity contribution in [3.63, 3.8) is 0 Å². The number of carbonyl (C=O) groups is 1. The van der Waals surface area contributed by atoms with Crippen molar-refractivity contribution < 1.29 is 13.7 Å². The third-order valence-corrected chi connectivity index (χ3v) is 5.39. The molecule has 2 aromatic carbocycles. The number of nitrogens with one attached hydrogen (secondary N) is 1. The van der Waals surface area contributed by atoms with Crippen LogP contribution >= 0.6 is 0 Å². The Hall–Kier alpha value is -3.06. The van der Waals surface area contributed by atoms with Crippen LogP contribution in [0.3, 0.4) is 0 Å². The lowest BCUT2D eigenvalue weighted by molar-refractivity contribution is -0.127. The number of aryl methyl sites for hydroxylation is 1. The van der Waals surface area contributed by atoms with Crippen LogP contribution < -0.4 is 5.32 Å². The van der Waals surface area contributed by atoms with Gasteiger partial charge in [0.2, 0.25) is 17.6 Å². The summed E-state index contributed by atoms with van der Waals surface area (Å²) in [5.41, 5.74) is 3.09. The first-order valence-corrected chi connectivity index (χ1v) is 10.2. The molecule has 1 unspecified atom stereocenters.